The summed E-state index contributed by atoms with van der Waals surface area (Å²) >= 11 is 0. The van der Waals surface area contributed by atoms with Gasteiger partial charge in [-0.3, -0.25) is 0 Å². The molecule has 0 saturated carbocycles. The first-order valence-corrected chi connectivity index (χ1v) is 9.13. The first kappa shape index (κ1) is 18.6. The highest BCUT2D eigenvalue weighted by Crippen LogP contribution is 2.36. The molecule has 0 aromatic rings. The molecule has 3 aliphatic rings. The number of aliphatic imine (C=N–C) groups is 2. The van der Waals surface area contributed by atoms with E-state index in [2.05, 4.69) is 41.5 Å². The van der Waals surface area contributed by atoms with Gasteiger partial charge in [0.05, 0.1) is 12.1 Å². The van der Waals surface area contributed by atoms with Crippen molar-refractivity contribution in [1.82, 2.24) is 0 Å². The average Bonchev–Trinajstić information content (AvgIpc) is 3.11. The summed E-state index contributed by atoms with van der Waals surface area (Å²) in [7, 11) is 0. The average molecular weight is 352 g/mol. The van der Waals surface area contributed by atoms with Crippen LogP contribution >= 0.6 is 0 Å². The van der Waals surface area contributed by atoms with E-state index in [-0.39, 0.29) is 22.9 Å². The summed E-state index contributed by atoms with van der Waals surface area (Å²) in [5, 5.41) is 0. The number of hydrogen-bond acceptors (Lipinski definition) is 6. The summed E-state index contributed by atoms with van der Waals surface area (Å²) in [6, 6.07) is 0.230. The molecule has 0 radical (unpaired) electrons. The first-order valence-electron chi connectivity index (χ1n) is 9.13. The molecule has 1 fully saturated rings. The van der Waals surface area contributed by atoms with Gasteiger partial charge in [0, 0.05) is 0 Å². The number of ether oxygens (including phenoxy) is 4. The van der Waals surface area contributed by atoms with Crippen molar-refractivity contribution in [3.05, 3.63) is 0 Å². The van der Waals surface area contributed by atoms with Crippen molar-refractivity contribution in [2.24, 2.45) is 20.8 Å². The molecule has 4 atom stereocenters. The van der Waals surface area contributed by atoms with Crippen LogP contribution in [0.2, 0.25) is 0 Å². The number of nitrogens with zero attached hydrogens (tertiary/aromatic N) is 2. The van der Waals surface area contributed by atoms with Crippen LogP contribution in [0.25, 0.3) is 0 Å². The maximum atomic E-state index is 6.10. The van der Waals surface area contributed by atoms with E-state index < -0.39 is 18.0 Å². The monoisotopic (exact) mass is 352 g/mol. The van der Waals surface area contributed by atoms with Crippen LogP contribution in [0.5, 0.6) is 0 Å². The third-order valence-corrected chi connectivity index (χ3v) is 4.93. The molecule has 0 unspecified atom stereocenters. The highest BCUT2D eigenvalue weighted by Gasteiger charge is 2.51. The van der Waals surface area contributed by atoms with Crippen molar-refractivity contribution in [2.45, 2.75) is 85.5 Å². The molecule has 0 amide bonds. The Morgan fingerprint density at radius 1 is 0.760 bits per heavy atom. The van der Waals surface area contributed by atoms with Crippen molar-refractivity contribution < 1.29 is 18.9 Å². The van der Waals surface area contributed by atoms with Crippen molar-refractivity contribution in [3.8, 4) is 0 Å². The molecular formula is C19H32N2O4. The molecule has 1 saturated heterocycles. The fraction of sp³-hybridized carbons (Fsp3) is 0.895. The van der Waals surface area contributed by atoms with Gasteiger partial charge in [-0.2, -0.15) is 0 Å². The molecule has 25 heavy (non-hydrogen) atoms. The van der Waals surface area contributed by atoms with Gasteiger partial charge in [0.2, 0.25) is 11.8 Å². The van der Waals surface area contributed by atoms with Crippen LogP contribution < -0.4 is 0 Å². The van der Waals surface area contributed by atoms with Crippen LogP contribution in [0.1, 0.15) is 55.4 Å². The molecule has 0 bridgehead atoms. The second kappa shape index (κ2) is 5.95. The number of hydrogen-bond donors (Lipinski definition) is 0. The summed E-state index contributed by atoms with van der Waals surface area (Å²) in [5.41, 5.74) is 0.0931. The standard InChI is InChI=1S/C19H32N2O4/c1-17(2,3)11-9-22-15(20-11)13-14(25-19(7,8)24-13)16-21-12(10-23-16)18(4,5)6/h11-14H,9-10H2,1-8H3/t11-,12-,13-,14-/m1/s1. The largest absolute Gasteiger partial charge is 0.477 e. The lowest BCUT2D eigenvalue weighted by molar-refractivity contribution is -0.138. The van der Waals surface area contributed by atoms with Gasteiger partial charge in [0.15, 0.2) is 18.0 Å². The Morgan fingerprint density at radius 3 is 1.40 bits per heavy atom. The lowest BCUT2D eigenvalue weighted by Crippen LogP contribution is -2.37. The van der Waals surface area contributed by atoms with Crippen molar-refractivity contribution >= 4 is 11.8 Å². The van der Waals surface area contributed by atoms with Gasteiger partial charge in [-0.05, 0) is 24.7 Å². The molecule has 0 spiro atoms. The third kappa shape index (κ3) is 3.85. The van der Waals surface area contributed by atoms with Crippen molar-refractivity contribution in [2.75, 3.05) is 13.2 Å². The maximum Gasteiger partial charge on any atom is 0.217 e. The Kier molecular flexibility index (Phi) is 4.44. The topological polar surface area (TPSA) is 61.6 Å². The third-order valence-electron chi connectivity index (χ3n) is 4.93. The van der Waals surface area contributed by atoms with Gasteiger partial charge in [-0.25, -0.2) is 9.98 Å². The van der Waals surface area contributed by atoms with Gasteiger partial charge in [-0.1, -0.05) is 41.5 Å². The molecule has 0 aromatic heterocycles. The molecule has 3 rings (SSSR count). The van der Waals surface area contributed by atoms with E-state index >= 15 is 0 Å². The fourth-order valence-electron chi connectivity index (χ4n) is 3.11. The van der Waals surface area contributed by atoms with Crippen LogP contribution in [0.3, 0.4) is 0 Å². The molecular weight excluding hydrogens is 320 g/mol. The van der Waals surface area contributed by atoms with E-state index in [1.54, 1.807) is 0 Å². The van der Waals surface area contributed by atoms with E-state index in [0.717, 1.165) is 0 Å². The van der Waals surface area contributed by atoms with Gasteiger partial charge in [0.25, 0.3) is 0 Å². The molecule has 6 nitrogen and oxygen atoms in total. The second-order valence-electron chi connectivity index (χ2n) is 9.80. The molecule has 0 N–H and O–H groups in total. The van der Waals surface area contributed by atoms with Crippen LogP contribution in [0, 0.1) is 10.8 Å². The zero-order valence-corrected chi connectivity index (χ0v) is 16.8. The summed E-state index contributed by atoms with van der Waals surface area (Å²) < 4.78 is 24.0. The molecule has 0 aromatic carbocycles. The Morgan fingerprint density at radius 2 is 1.12 bits per heavy atom. The summed E-state index contributed by atoms with van der Waals surface area (Å²) in [4.78, 5) is 9.55. The Balaban J connectivity index is 1.84. The van der Waals surface area contributed by atoms with E-state index in [1.807, 2.05) is 13.8 Å². The minimum atomic E-state index is -0.729. The quantitative estimate of drug-likeness (QED) is 0.766. The molecule has 142 valence electrons. The summed E-state index contributed by atoms with van der Waals surface area (Å²) in [6.07, 6.45) is -0.834. The van der Waals surface area contributed by atoms with Crippen LogP contribution in [-0.2, 0) is 18.9 Å². The predicted molar refractivity (Wildman–Crippen MR) is 97.1 cm³/mol. The van der Waals surface area contributed by atoms with E-state index in [9.17, 15) is 0 Å². The second-order valence-corrected chi connectivity index (χ2v) is 9.80. The Hall–Kier alpha value is -1.14. The molecule has 6 heteroatoms. The first-order chi connectivity index (χ1) is 11.4. The minimum Gasteiger partial charge on any atom is -0.477 e. The van der Waals surface area contributed by atoms with Crippen LogP contribution in [0.4, 0.5) is 0 Å². The van der Waals surface area contributed by atoms with E-state index in [0.29, 0.717) is 25.0 Å². The summed E-state index contributed by atoms with van der Waals surface area (Å²) in [5.74, 6) is 0.467. The van der Waals surface area contributed by atoms with Gasteiger partial charge in [-0.15, -0.1) is 0 Å². The lowest BCUT2D eigenvalue weighted by atomic mass is 9.88. The fourth-order valence-corrected chi connectivity index (χ4v) is 3.11. The number of rotatable bonds is 2. The van der Waals surface area contributed by atoms with Gasteiger partial charge in [0.1, 0.15) is 13.2 Å². The lowest BCUT2D eigenvalue weighted by Gasteiger charge is -2.22. The van der Waals surface area contributed by atoms with E-state index in [1.165, 1.54) is 0 Å². The summed E-state index contributed by atoms with van der Waals surface area (Å²) in [6.45, 7) is 17.9. The molecule has 0 aliphatic carbocycles. The van der Waals surface area contributed by atoms with Crippen molar-refractivity contribution in [1.29, 1.82) is 0 Å². The smallest absolute Gasteiger partial charge is 0.217 e. The molecule has 3 aliphatic heterocycles. The van der Waals surface area contributed by atoms with Gasteiger partial charge >= 0.3 is 0 Å². The molecule has 3 heterocycles. The predicted octanol–water partition coefficient (Wildman–Crippen LogP) is 3.19. The van der Waals surface area contributed by atoms with Crippen molar-refractivity contribution in [3.63, 3.8) is 0 Å². The SMILES string of the molecule is CC1(C)O[C@@H](C2=N[C@@H](C(C)(C)C)CO2)[C@H](C2=N[C@@H](C(C)(C)C)CO2)O1. The minimum absolute atomic E-state index is 0.0466. The maximum absolute atomic E-state index is 6.10. The Bertz CT molecular complexity index is 533. The Labute approximate surface area is 151 Å². The zero-order chi connectivity index (χ0) is 18.6. The van der Waals surface area contributed by atoms with Crippen LogP contribution in [0.15, 0.2) is 9.98 Å². The van der Waals surface area contributed by atoms with E-state index in [4.69, 9.17) is 28.9 Å². The van der Waals surface area contributed by atoms with Gasteiger partial charge < -0.3 is 18.9 Å². The van der Waals surface area contributed by atoms with Crippen LogP contribution in [-0.4, -0.2) is 55.1 Å². The highest BCUT2D eigenvalue weighted by molar-refractivity contribution is 5.93. The highest BCUT2D eigenvalue weighted by atomic mass is 16.8. The zero-order valence-electron chi connectivity index (χ0n) is 16.8. The normalized spacial score (nSPS) is 35.2.